The maximum atomic E-state index is 12.7. The van der Waals surface area contributed by atoms with Gasteiger partial charge in [-0.2, -0.15) is 13.2 Å². The molecule has 0 N–H and O–H groups in total. The van der Waals surface area contributed by atoms with Crippen LogP contribution in [0.5, 0.6) is 5.75 Å². The minimum atomic E-state index is -4.47. The van der Waals surface area contributed by atoms with E-state index in [1.54, 1.807) is 29.5 Å². The molecule has 0 bridgehead atoms. The second kappa shape index (κ2) is 5.24. The van der Waals surface area contributed by atoms with Crippen LogP contribution in [0.15, 0.2) is 12.1 Å². The van der Waals surface area contributed by atoms with E-state index < -0.39 is 17.5 Å². The van der Waals surface area contributed by atoms with Crippen LogP contribution < -0.4 is 4.74 Å². The highest BCUT2D eigenvalue weighted by atomic mass is 127. The van der Waals surface area contributed by atoms with Gasteiger partial charge in [-0.15, -0.1) is 0 Å². The normalized spacial score (nSPS) is 11.4. The Kier molecular flexibility index (Phi) is 4.40. The number of ketones is 1. The van der Waals surface area contributed by atoms with Crippen molar-refractivity contribution in [2.45, 2.75) is 20.0 Å². The Labute approximate surface area is 110 Å². The predicted octanol–water partition coefficient (Wildman–Crippen LogP) is 3.91. The topological polar surface area (TPSA) is 26.3 Å². The van der Waals surface area contributed by atoms with Gasteiger partial charge in [0.25, 0.3) is 0 Å². The van der Waals surface area contributed by atoms with Gasteiger partial charge >= 0.3 is 6.18 Å². The van der Waals surface area contributed by atoms with Crippen LogP contribution in [0, 0.1) is 3.57 Å². The molecule has 0 aromatic heterocycles. The molecule has 0 saturated carbocycles. The summed E-state index contributed by atoms with van der Waals surface area (Å²) in [6.45, 7) is 3.21. The number of carbonyl (C=O) groups is 1. The monoisotopic (exact) mass is 358 g/mol. The van der Waals surface area contributed by atoms with Gasteiger partial charge in [0, 0.05) is 3.57 Å². The van der Waals surface area contributed by atoms with Crippen LogP contribution in [0.1, 0.15) is 29.8 Å². The summed E-state index contributed by atoms with van der Waals surface area (Å²) in [6.07, 6.45) is -4.47. The van der Waals surface area contributed by atoms with Gasteiger partial charge in [0.1, 0.15) is 5.75 Å². The zero-order valence-corrected chi connectivity index (χ0v) is 11.3. The second-order valence-corrected chi connectivity index (χ2v) is 4.48. The van der Waals surface area contributed by atoms with E-state index in [9.17, 15) is 18.0 Å². The largest absolute Gasteiger partial charge is 0.493 e. The highest BCUT2D eigenvalue weighted by Gasteiger charge is 2.34. The van der Waals surface area contributed by atoms with Crippen LogP contribution >= 0.6 is 22.6 Å². The van der Waals surface area contributed by atoms with Crippen molar-refractivity contribution in [3.05, 3.63) is 26.8 Å². The smallest absolute Gasteiger partial charge is 0.417 e. The van der Waals surface area contributed by atoms with E-state index in [1.807, 2.05) is 0 Å². The van der Waals surface area contributed by atoms with Crippen LogP contribution in [0.4, 0.5) is 13.2 Å². The lowest BCUT2D eigenvalue weighted by atomic mass is 10.1. The van der Waals surface area contributed by atoms with Crippen molar-refractivity contribution in [1.82, 2.24) is 0 Å². The molecule has 1 aromatic rings. The van der Waals surface area contributed by atoms with E-state index in [1.165, 1.54) is 13.0 Å². The number of ether oxygens (including phenoxy) is 1. The number of hydrogen-bond acceptors (Lipinski definition) is 2. The fourth-order valence-corrected chi connectivity index (χ4v) is 2.07. The Balaban J connectivity index is 3.40. The maximum absolute atomic E-state index is 12.7. The molecule has 0 unspecified atom stereocenters. The summed E-state index contributed by atoms with van der Waals surface area (Å²) in [7, 11) is 0. The van der Waals surface area contributed by atoms with Crippen molar-refractivity contribution < 1.29 is 22.7 Å². The van der Waals surface area contributed by atoms with Gasteiger partial charge < -0.3 is 4.74 Å². The summed E-state index contributed by atoms with van der Waals surface area (Å²) in [5.74, 6) is -0.257. The average molecular weight is 358 g/mol. The van der Waals surface area contributed by atoms with Gasteiger partial charge in [0.15, 0.2) is 5.78 Å². The molecule has 0 radical (unpaired) electrons. The Hall–Kier alpha value is -0.790. The lowest BCUT2D eigenvalue weighted by Crippen LogP contribution is -2.11. The Morgan fingerprint density at radius 2 is 2.00 bits per heavy atom. The van der Waals surface area contributed by atoms with Crippen LogP contribution in [-0.4, -0.2) is 12.4 Å². The molecular formula is C11H10F3IO2. The molecule has 2 nitrogen and oxygen atoms in total. The fraction of sp³-hybridized carbons (Fsp3) is 0.364. The van der Waals surface area contributed by atoms with E-state index in [4.69, 9.17) is 4.74 Å². The van der Waals surface area contributed by atoms with Crippen LogP contribution in [0.3, 0.4) is 0 Å². The molecule has 0 fully saturated rings. The first kappa shape index (κ1) is 14.3. The van der Waals surface area contributed by atoms with E-state index in [-0.39, 0.29) is 14.9 Å². The minimum absolute atomic E-state index is 0.0172. The SMILES string of the molecule is CCOc1cc(I)c(C(F)(F)F)cc1C(C)=O. The Morgan fingerprint density at radius 3 is 2.41 bits per heavy atom. The van der Waals surface area contributed by atoms with E-state index in [2.05, 4.69) is 0 Å². The summed E-state index contributed by atoms with van der Waals surface area (Å²) in [4.78, 5) is 11.3. The van der Waals surface area contributed by atoms with Gasteiger partial charge in [-0.3, -0.25) is 4.79 Å². The molecule has 0 aliphatic carbocycles. The average Bonchev–Trinajstić information content (AvgIpc) is 2.15. The lowest BCUT2D eigenvalue weighted by molar-refractivity contribution is -0.138. The minimum Gasteiger partial charge on any atom is -0.493 e. The molecule has 17 heavy (non-hydrogen) atoms. The molecule has 0 amide bonds. The first-order valence-electron chi connectivity index (χ1n) is 4.81. The molecule has 0 saturated heterocycles. The number of alkyl halides is 3. The van der Waals surface area contributed by atoms with E-state index >= 15 is 0 Å². The molecule has 0 aliphatic rings. The highest BCUT2D eigenvalue weighted by molar-refractivity contribution is 14.1. The van der Waals surface area contributed by atoms with E-state index in [0.717, 1.165) is 6.07 Å². The quantitative estimate of drug-likeness (QED) is 0.605. The van der Waals surface area contributed by atoms with Crippen molar-refractivity contribution in [2.24, 2.45) is 0 Å². The van der Waals surface area contributed by atoms with E-state index in [0.29, 0.717) is 6.61 Å². The molecule has 0 spiro atoms. The first-order chi connectivity index (χ1) is 7.77. The maximum Gasteiger partial charge on any atom is 0.417 e. The van der Waals surface area contributed by atoms with Gasteiger partial charge in [0.2, 0.25) is 0 Å². The number of benzene rings is 1. The van der Waals surface area contributed by atoms with Gasteiger partial charge in [-0.1, -0.05) is 0 Å². The standard InChI is InChI=1S/C11H10F3IO2/c1-3-17-10-5-9(15)8(11(12,13)14)4-7(10)6(2)16/h4-5H,3H2,1-2H3. The van der Waals surface area contributed by atoms with Crippen LogP contribution in [-0.2, 0) is 6.18 Å². The summed E-state index contributed by atoms with van der Waals surface area (Å²) in [5, 5.41) is 0. The van der Waals surface area contributed by atoms with Crippen molar-refractivity contribution >= 4 is 28.4 Å². The summed E-state index contributed by atoms with van der Waals surface area (Å²) < 4.78 is 43.1. The third kappa shape index (κ3) is 3.34. The van der Waals surface area contributed by atoms with Gasteiger partial charge in [0.05, 0.1) is 17.7 Å². The summed E-state index contributed by atoms with van der Waals surface area (Å²) in [5.41, 5.74) is -0.855. The number of rotatable bonds is 3. The Morgan fingerprint density at radius 1 is 1.41 bits per heavy atom. The molecular weight excluding hydrogens is 348 g/mol. The third-order valence-electron chi connectivity index (χ3n) is 2.05. The van der Waals surface area contributed by atoms with Crippen molar-refractivity contribution in [3.63, 3.8) is 0 Å². The lowest BCUT2D eigenvalue weighted by Gasteiger charge is -2.14. The molecule has 0 atom stereocenters. The van der Waals surface area contributed by atoms with Crippen LogP contribution in [0.2, 0.25) is 0 Å². The number of Topliss-reactive ketones (excluding diaryl/α,β-unsaturated/α-hetero) is 1. The van der Waals surface area contributed by atoms with Crippen LogP contribution in [0.25, 0.3) is 0 Å². The number of halogens is 4. The third-order valence-corrected chi connectivity index (χ3v) is 2.95. The highest BCUT2D eigenvalue weighted by Crippen LogP contribution is 2.36. The molecule has 94 valence electrons. The molecule has 0 aliphatic heterocycles. The summed E-state index contributed by atoms with van der Waals surface area (Å²) >= 11 is 1.58. The Bertz CT molecular complexity index is 441. The zero-order valence-electron chi connectivity index (χ0n) is 9.19. The molecule has 6 heteroatoms. The zero-order chi connectivity index (χ0) is 13.2. The summed E-state index contributed by atoms with van der Waals surface area (Å²) in [6, 6.07) is 2.08. The van der Waals surface area contributed by atoms with Gasteiger partial charge in [-0.05, 0) is 48.6 Å². The molecule has 1 rings (SSSR count). The fourth-order valence-electron chi connectivity index (χ4n) is 1.32. The number of carbonyl (C=O) groups excluding carboxylic acids is 1. The molecule has 0 heterocycles. The van der Waals surface area contributed by atoms with Gasteiger partial charge in [-0.25, -0.2) is 0 Å². The molecule has 1 aromatic carbocycles. The second-order valence-electron chi connectivity index (χ2n) is 3.32. The van der Waals surface area contributed by atoms with Crippen molar-refractivity contribution in [2.75, 3.05) is 6.61 Å². The number of hydrogen-bond donors (Lipinski definition) is 0. The van der Waals surface area contributed by atoms with Crippen molar-refractivity contribution in [1.29, 1.82) is 0 Å². The van der Waals surface area contributed by atoms with Crippen molar-refractivity contribution in [3.8, 4) is 5.75 Å². The predicted molar refractivity (Wildman–Crippen MR) is 65.3 cm³/mol. The first-order valence-corrected chi connectivity index (χ1v) is 5.89.